The molecule has 0 heterocycles. The Kier molecular flexibility index (Phi) is 3.44. The first kappa shape index (κ1) is 15.3. The van der Waals surface area contributed by atoms with Crippen LogP contribution in [0.1, 0.15) is 66.7 Å². The Labute approximate surface area is 130 Å². The highest BCUT2D eigenvalue weighted by Crippen LogP contribution is 2.64. The summed E-state index contributed by atoms with van der Waals surface area (Å²) in [6.07, 6.45) is 12.9. The van der Waals surface area contributed by atoms with Gasteiger partial charge in [0.2, 0.25) is 0 Å². The fraction of sp³-hybridized carbons (Fsp3) is 0.800. The van der Waals surface area contributed by atoms with Crippen molar-refractivity contribution in [2.75, 3.05) is 0 Å². The van der Waals surface area contributed by atoms with E-state index in [0.717, 1.165) is 18.8 Å². The molecule has 0 bridgehead atoms. The summed E-state index contributed by atoms with van der Waals surface area (Å²) in [6, 6.07) is 0. The largest absolute Gasteiger partial charge is 0.386 e. The molecule has 1 fully saturated rings. The highest BCUT2D eigenvalue weighted by atomic mass is 16.3. The first-order valence-corrected chi connectivity index (χ1v) is 8.81. The lowest BCUT2D eigenvalue weighted by Crippen LogP contribution is -2.46. The molecule has 1 nitrogen and oxygen atoms in total. The second-order valence-corrected chi connectivity index (χ2v) is 8.95. The van der Waals surface area contributed by atoms with Crippen LogP contribution in [0.3, 0.4) is 0 Å². The highest BCUT2D eigenvalue weighted by molar-refractivity contribution is 5.27. The maximum atomic E-state index is 10.5. The molecule has 3 aliphatic rings. The third-order valence-corrected chi connectivity index (χ3v) is 6.97. The van der Waals surface area contributed by atoms with E-state index >= 15 is 0 Å². The average molecular weight is 288 g/mol. The summed E-state index contributed by atoms with van der Waals surface area (Å²) in [5, 5.41) is 10.5. The van der Waals surface area contributed by atoms with E-state index in [1.54, 1.807) is 5.57 Å². The predicted octanol–water partition coefficient (Wildman–Crippen LogP) is 5.11. The van der Waals surface area contributed by atoms with Crippen LogP contribution in [0.2, 0.25) is 0 Å². The molecule has 5 atom stereocenters. The fourth-order valence-electron chi connectivity index (χ4n) is 5.65. The molecule has 0 aromatic rings. The third kappa shape index (κ3) is 2.32. The number of rotatable bonds is 1. The van der Waals surface area contributed by atoms with Crippen LogP contribution in [-0.4, -0.2) is 10.7 Å². The number of allylic oxidation sites excluding steroid dienone is 3. The van der Waals surface area contributed by atoms with Crippen molar-refractivity contribution >= 4 is 0 Å². The zero-order valence-corrected chi connectivity index (χ0v) is 14.4. The van der Waals surface area contributed by atoms with Gasteiger partial charge in [0, 0.05) is 0 Å². The molecule has 118 valence electrons. The highest BCUT2D eigenvalue weighted by Gasteiger charge is 2.55. The first-order valence-electron chi connectivity index (χ1n) is 8.81. The molecule has 0 aromatic carbocycles. The Balaban J connectivity index is 1.95. The minimum absolute atomic E-state index is 0.270. The zero-order valence-electron chi connectivity index (χ0n) is 14.4. The zero-order chi connectivity index (χ0) is 15.5. The van der Waals surface area contributed by atoms with Gasteiger partial charge in [-0.2, -0.15) is 0 Å². The Morgan fingerprint density at radius 2 is 1.81 bits per heavy atom. The lowest BCUT2D eigenvalue weighted by Gasteiger charge is -2.54. The van der Waals surface area contributed by atoms with Gasteiger partial charge in [0.25, 0.3) is 0 Å². The van der Waals surface area contributed by atoms with E-state index in [9.17, 15) is 5.11 Å². The topological polar surface area (TPSA) is 20.2 Å². The van der Waals surface area contributed by atoms with Crippen molar-refractivity contribution < 1.29 is 5.11 Å². The van der Waals surface area contributed by atoms with Crippen LogP contribution in [0.15, 0.2) is 23.8 Å². The van der Waals surface area contributed by atoms with Crippen LogP contribution in [-0.2, 0) is 0 Å². The summed E-state index contributed by atoms with van der Waals surface area (Å²) in [5.41, 5.74) is 1.77. The molecule has 1 saturated carbocycles. The van der Waals surface area contributed by atoms with E-state index in [4.69, 9.17) is 0 Å². The van der Waals surface area contributed by atoms with Crippen LogP contribution in [0.4, 0.5) is 0 Å². The van der Waals surface area contributed by atoms with Crippen molar-refractivity contribution in [2.45, 2.75) is 72.3 Å². The molecule has 0 amide bonds. The standard InChI is InChI=1S/C20H32O/c1-14(2)15-6-11-20(5)16(15)7-9-18(3)12-13-19(4,21)10-8-17(18)20/h6,12-14,16-17,21H,7-11H2,1-5H3. The van der Waals surface area contributed by atoms with E-state index in [2.05, 4.69) is 45.9 Å². The third-order valence-electron chi connectivity index (χ3n) is 6.97. The molecular weight excluding hydrogens is 256 g/mol. The Morgan fingerprint density at radius 3 is 2.48 bits per heavy atom. The van der Waals surface area contributed by atoms with Gasteiger partial charge in [-0.3, -0.25) is 0 Å². The molecule has 0 radical (unpaired) electrons. The summed E-state index contributed by atoms with van der Waals surface area (Å²) < 4.78 is 0. The van der Waals surface area contributed by atoms with Crippen molar-refractivity contribution in [3.63, 3.8) is 0 Å². The van der Waals surface area contributed by atoms with Crippen molar-refractivity contribution in [1.82, 2.24) is 0 Å². The van der Waals surface area contributed by atoms with Gasteiger partial charge in [-0.15, -0.1) is 0 Å². The number of aliphatic hydroxyl groups is 1. The molecule has 3 rings (SSSR count). The van der Waals surface area contributed by atoms with Gasteiger partial charge in [0.05, 0.1) is 5.60 Å². The molecule has 0 aliphatic heterocycles. The van der Waals surface area contributed by atoms with Gasteiger partial charge in [-0.25, -0.2) is 0 Å². The summed E-state index contributed by atoms with van der Waals surface area (Å²) in [6.45, 7) is 11.6. The number of fused-ring (bicyclic) bond motifs is 3. The average Bonchev–Trinajstić information content (AvgIpc) is 2.66. The Bertz CT molecular complexity index is 484. The maximum Gasteiger partial charge on any atom is 0.0800 e. The normalized spacial score (nSPS) is 49.6. The molecule has 1 heteroatoms. The fourth-order valence-corrected chi connectivity index (χ4v) is 5.65. The van der Waals surface area contributed by atoms with Crippen molar-refractivity contribution in [2.24, 2.45) is 28.6 Å². The SMILES string of the molecule is CC(C)C1=CCC2(C)C1CCC1(C)C=CC(C)(O)CCC12. The summed E-state index contributed by atoms with van der Waals surface area (Å²) in [4.78, 5) is 0. The summed E-state index contributed by atoms with van der Waals surface area (Å²) in [7, 11) is 0. The maximum absolute atomic E-state index is 10.5. The molecule has 0 saturated heterocycles. The van der Waals surface area contributed by atoms with E-state index in [1.807, 2.05) is 6.92 Å². The lowest BCUT2D eigenvalue weighted by molar-refractivity contribution is -0.0200. The minimum Gasteiger partial charge on any atom is -0.386 e. The van der Waals surface area contributed by atoms with E-state index in [-0.39, 0.29) is 5.41 Å². The molecular formula is C20H32O. The van der Waals surface area contributed by atoms with Crippen molar-refractivity contribution in [1.29, 1.82) is 0 Å². The summed E-state index contributed by atoms with van der Waals surface area (Å²) >= 11 is 0. The minimum atomic E-state index is -0.612. The Morgan fingerprint density at radius 1 is 1.10 bits per heavy atom. The number of hydrogen-bond acceptors (Lipinski definition) is 1. The molecule has 0 aromatic heterocycles. The van der Waals surface area contributed by atoms with Gasteiger partial charge in [0.15, 0.2) is 0 Å². The van der Waals surface area contributed by atoms with E-state index in [1.165, 1.54) is 19.3 Å². The molecule has 5 unspecified atom stereocenters. The van der Waals surface area contributed by atoms with Gasteiger partial charge in [-0.05, 0) is 67.6 Å². The van der Waals surface area contributed by atoms with E-state index < -0.39 is 5.60 Å². The molecule has 21 heavy (non-hydrogen) atoms. The molecule has 1 N–H and O–H groups in total. The smallest absolute Gasteiger partial charge is 0.0800 e. The number of hydrogen-bond donors (Lipinski definition) is 1. The summed E-state index contributed by atoms with van der Waals surface area (Å²) in [5.74, 6) is 2.15. The predicted molar refractivity (Wildman–Crippen MR) is 89.0 cm³/mol. The van der Waals surface area contributed by atoms with Crippen LogP contribution >= 0.6 is 0 Å². The van der Waals surface area contributed by atoms with Crippen LogP contribution in [0.5, 0.6) is 0 Å². The second kappa shape index (κ2) is 4.72. The van der Waals surface area contributed by atoms with Crippen LogP contribution in [0, 0.1) is 28.6 Å². The van der Waals surface area contributed by atoms with Crippen molar-refractivity contribution in [3.8, 4) is 0 Å². The van der Waals surface area contributed by atoms with Crippen molar-refractivity contribution in [3.05, 3.63) is 23.8 Å². The van der Waals surface area contributed by atoms with Crippen LogP contribution < -0.4 is 0 Å². The van der Waals surface area contributed by atoms with Crippen LogP contribution in [0.25, 0.3) is 0 Å². The monoisotopic (exact) mass is 288 g/mol. The Hall–Kier alpha value is -0.560. The van der Waals surface area contributed by atoms with Gasteiger partial charge < -0.3 is 5.11 Å². The van der Waals surface area contributed by atoms with E-state index in [0.29, 0.717) is 17.3 Å². The lowest BCUT2D eigenvalue weighted by atomic mass is 9.50. The van der Waals surface area contributed by atoms with Gasteiger partial charge in [-0.1, -0.05) is 51.5 Å². The van der Waals surface area contributed by atoms with Gasteiger partial charge in [0.1, 0.15) is 0 Å². The quantitative estimate of drug-likeness (QED) is 0.665. The second-order valence-electron chi connectivity index (χ2n) is 8.95. The first-order chi connectivity index (χ1) is 9.68. The molecule has 3 aliphatic carbocycles. The molecule has 0 spiro atoms. The van der Waals surface area contributed by atoms with Gasteiger partial charge >= 0.3 is 0 Å².